The first-order chi connectivity index (χ1) is 6.72. The summed E-state index contributed by atoms with van der Waals surface area (Å²) in [6.45, 7) is 2.14. The van der Waals surface area contributed by atoms with Crippen LogP contribution in [0, 0.1) is 0 Å². The minimum Gasteiger partial charge on any atom is -0.508 e. The summed E-state index contributed by atoms with van der Waals surface area (Å²) in [4.78, 5) is 0. The van der Waals surface area contributed by atoms with Gasteiger partial charge in [-0.15, -0.1) is 11.6 Å². The van der Waals surface area contributed by atoms with Crippen LogP contribution in [0.2, 0.25) is 0 Å². The molecule has 0 bridgehead atoms. The van der Waals surface area contributed by atoms with E-state index in [-0.39, 0.29) is 5.38 Å². The Morgan fingerprint density at radius 3 is 2.79 bits per heavy atom. The number of alkyl halides is 1. The smallest absolute Gasteiger partial charge is 0.115 e. The molecule has 1 aromatic rings. The van der Waals surface area contributed by atoms with Crippen LogP contribution in [-0.4, -0.2) is 10.5 Å². The van der Waals surface area contributed by atoms with E-state index >= 15 is 0 Å². The van der Waals surface area contributed by atoms with Crippen LogP contribution in [0.25, 0.3) is 0 Å². The largest absolute Gasteiger partial charge is 0.508 e. The fraction of sp³-hybridized carbons (Fsp3) is 0.500. The van der Waals surface area contributed by atoms with Gasteiger partial charge in [0.25, 0.3) is 0 Å². The Morgan fingerprint density at radius 2 is 2.14 bits per heavy atom. The molecule has 0 aliphatic carbocycles. The van der Waals surface area contributed by atoms with Crippen molar-refractivity contribution in [3.05, 3.63) is 29.8 Å². The minimum atomic E-state index is 0.266. The van der Waals surface area contributed by atoms with E-state index in [9.17, 15) is 5.11 Å². The first-order valence-corrected chi connectivity index (χ1v) is 5.58. The van der Waals surface area contributed by atoms with Gasteiger partial charge in [0, 0.05) is 5.38 Å². The Kier molecular flexibility index (Phi) is 4.81. The highest BCUT2D eigenvalue weighted by atomic mass is 35.5. The lowest BCUT2D eigenvalue weighted by Gasteiger charge is -2.07. The molecule has 0 amide bonds. The van der Waals surface area contributed by atoms with E-state index in [0.29, 0.717) is 5.75 Å². The van der Waals surface area contributed by atoms with Crippen molar-refractivity contribution < 1.29 is 5.11 Å². The number of phenols is 1. The maximum absolute atomic E-state index is 9.25. The first kappa shape index (κ1) is 11.4. The lowest BCUT2D eigenvalue weighted by Crippen LogP contribution is -1.99. The standard InChI is InChI=1S/C12H17ClO/c1-2-4-11(13)8-7-10-5-3-6-12(14)9-10/h3,5-6,9,11,14H,2,4,7-8H2,1H3. The SMILES string of the molecule is CCCC(Cl)CCc1cccc(O)c1. The zero-order valence-corrected chi connectivity index (χ0v) is 9.30. The second kappa shape index (κ2) is 5.92. The molecular weight excluding hydrogens is 196 g/mol. The maximum Gasteiger partial charge on any atom is 0.115 e. The average molecular weight is 213 g/mol. The van der Waals surface area contributed by atoms with Gasteiger partial charge in [-0.05, 0) is 37.0 Å². The van der Waals surface area contributed by atoms with Crippen molar-refractivity contribution in [1.29, 1.82) is 0 Å². The number of rotatable bonds is 5. The Balaban J connectivity index is 2.37. The normalized spacial score (nSPS) is 12.7. The second-order valence-corrected chi connectivity index (χ2v) is 4.21. The Labute approximate surface area is 90.7 Å². The number of halogens is 1. The summed E-state index contributed by atoms with van der Waals surface area (Å²) in [5.74, 6) is 0.337. The molecule has 1 aromatic carbocycles. The van der Waals surface area contributed by atoms with Crippen LogP contribution in [0.15, 0.2) is 24.3 Å². The van der Waals surface area contributed by atoms with Crippen molar-refractivity contribution >= 4 is 11.6 Å². The molecule has 0 aliphatic rings. The molecule has 0 saturated carbocycles. The van der Waals surface area contributed by atoms with Crippen LogP contribution in [0.5, 0.6) is 5.75 Å². The number of benzene rings is 1. The zero-order valence-electron chi connectivity index (χ0n) is 8.54. The monoisotopic (exact) mass is 212 g/mol. The Morgan fingerprint density at radius 1 is 1.36 bits per heavy atom. The van der Waals surface area contributed by atoms with E-state index < -0.39 is 0 Å². The van der Waals surface area contributed by atoms with Gasteiger partial charge in [-0.2, -0.15) is 0 Å². The quantitative estimate of drug-likeness (QED) is 0.738. The molecule has 0 heterocycles. The molecule has 78 valence electrons. The molecule has 1 rings (SSSR count). The van der Waals surface area contributed by atoms with E-state index in [1.165, 1.54) is 0 Å². The van der Waals surface area contributed by atoms with E-state index in [0.717, 1.165) is 31.2 Å². The zero-order chi connectivity index (χ0) is 10.4. The van der Waals surface area contributed by atoms with Gasteiger partial charge in [0.05, 0.1) is 0 Å². The summed E-state index contributed by atoms with van der Waals surface area (Å²) in [5, 5.41) is 9.51. The summed E-state index contributed by atoms with van der Waals surface area (Å²) in [7, 11) is 0. The third kappa shape index (κ3) is 4.01. The predicted molar refractivity (Wildman–Crippen MR) is 61.0 cm³/mol. The molecule has 0 saturated heterocycles. The number of aryl methyl sites for hydroxylation is 1. The summed E-state index contributed by atoms with van der Waals surface area (Å²) in [6, 6.07) is 7.38. The van der Waals surface area contributed by atoms with Crippen LogP contribution in [0.1, 0.15) is 31.7 Å². The Hall–Kier alpha value is -0.690. The molecule has 0 aliphatic heterocycles. The summed E-state index contributed by atoms with van der Waals surface area (Å²) < 4.78 is 0. The van der Waals surface area contributed by atoms with Gasteiger partial charge >= 0.3 is 0 Å². The molecule has 1 atom stereocenters. The van der Waals surface area contributed by atoms with Crippen LogP contribution in [-0.2, 0) is 6.42 Å². The topological polar surface area (TPSA) is 20.2 Å². The number of hydrogen-bond acceptors (Lipinski definition) is 1. The molecule has 1 N–H and O–H groups in total. The number of phenolic OH excluding ortho intramolecular Hbond substituents is 1. The van der Waals surface area contributed by atoms with E-state index in [1.807, 2.05) is 12.1 Å². The van der Waals surface area contributed by atoms with E-state index in [2.05, 4.69) is 6.92 Å². The van der Waals surface area contributed by atoms with Crippen molar-refractivity contribution in [2.45, 2.75) is 38.0 Å². The average Bonchev–Trinajstić information content (AvgIpc) is 2.15. The number of hydrogen-bond donors (Lipinski definition) is 1. The van der Waals surface area contributed by atoms with Crippen molar-refractivity contribution in [3.8, 4) is 5.75 Å². The second-order valence-electron chi connectivity index (χ2n) is 3.59. The van der Waals surface area contributed by atoms with Crippen LogP contribution < -0.4 is 0 Å². The first-order valence-electron chi connectivity index (χ1n) is 5.14. The van der Waals surface area contributed by atoms with Crippen LogP contribution >= 0.6 is 11.6 Å². The highest BCUT2D eigenvalue weighted by Gasteiger charge is 2.03. The summed E-state index contributed by atoms with van der Waals surface area (Å²) >= 11 is 6.11. The summed E-state index contributed by atoms with van der Waals surface area (Å²) in [5.41, 5.74) is 1.16. The van der Waals surface area contributed by atoms with Gasteiger partial charge in [-0.3, -0.25) is 0 Å². The van der Waals surface area contributed by atoms with E-state index in [4.69, 9.17) is 11.6 Å². The van der Waals surface area contributed by atoms with Gasteiger partial charge < -0.3 is 5.11 Å². The van der Waals surface area contributed by atoms with Crippen molar-refractivity contribution in [2.75, 3.05) is 0 Å². The third-order valence-corrected chi connectivity index (χ3v) is 2.70. The van der Waals surface area contributed by atoms with Crippen molar-refractivity contribution in [2.24, 2.45) is 0 Å². The molecule has 0 spiro atoms. The van der Waals surface area contributed by atoms with Crippen molar-refractivity contribution in [3.63, 3.8) is 0 Å². The van der Waals surface area contributed by atoms with Crippen LogP contribution in [0.4, 0.5) is 0 Å². The number of aromatic hydroxyl groups is 1. The van der Waals surface area contributed by atoms with Gasteiger partial charge in [0.1, 0.15) is 5.75 Å². The molecule has 1 unspecified atom stereocenters. The lowest BCUT2D eigenvalue weighted by molar-refractivity contribution is 0.474. The third-order valence-electron chi connectivity index (χ3n) is 2.26. The van der Waals surface area contributed by atoms with Gasteiger partial charge in [0.2, 0.25) is 0 Å². The highest BCUT2D eigenvalue weighted by molar-refractivity contribution is 6.20. The summed E-state index contributed by atoms with van der Waals surface area (Å²) in [6.07, 6.45) is 4.13. The molecule has 0 radical (unpaired) electrons. The predicted octanol–water partition coefficient (Wildman–Crippen LogP) is 3.73. The van der Waals surface area contributed by atoms with Gasteiger partial charge in [-0.1, -0.05) is 25.5 Å². The van der Waals surface area contributed by atoms with Gasteiger partial charge in [-0.25, -0.2) is 0 Å². The maximum atomic E-state index is 9.25. The highest BCUT2D eigenvalue weighted by Crippen LogP contribution is 2.16. The van der Waals surface area contributed by atoms with Gasteiger partial charge in [0.15, 0.2) is 0 Å². The van der Waals surface area contributed by atoms with Crippen LogP contribution in [0.3, 0.4) is 0 Å². The Bertz CT molecular complexity index is 273. The minimum absolute atomic E-state index is 0.266. The molecular formula is C12H17ClO. The van der Waals surface area contributed by atoms with Crippen molar-refractivity contribution in [1.82, 2.24) is 0 Å². The molecule has 2 heteroatoms. The fourth-order valence-electron chi connectivity index (χ4n) is 1.49. The fourth-order valence-corrected chi connectivity index (χ4v) is 1.82. The lowest BCUT2D eigenvalue weighted by atomic mass is 10.1. The van der Waals surface area contributed by atoms with E-state index in [1.54, 1.807) is 12.1 Å². The molecule has 1 nitrogen and oxygen atoms in total. The molecule has 14 heavy (non-hydrogen) atoms. The molecule has 0 aromatic heterocycles. The molecule has 0 fully saturated rings.